The van der Waals surface area contributed by atoms with Crippen molar-refractivity contribution in [2.24, 2.45) is 11.5 Å². The predicted octanol–water partition coefficient (Wildman–Crippen LogP) is -2.82. The van der Waals surface area contributed by atoms with Gasteiger partial charge in [-0.05, 0) is 31.8 Å². The predicted molar refractivity (Wildman–Crippen MR) is 118 cm³/mol. The lowest BCUT2D eigenvalue weighted by molar-refractivity contribution is -0.142. The summed E-state index contributed by atoms with van der Waals surface area (Å²) in [5.74, 6) is -4.05. The number of aliphatic hydroxyl groups excluding tert-OH is 1. The maximum atomic E-state index is 12.6. The summed E-state index contributed by atoms with van der Waals surface area (Å²) in [4.78, 5) is 59.7. The van der Waals surface area contributed by atoms with Crippen molar-refractivity contribution in [3.63, 3.8) is 0 Å². The number of hydrogen-bond acceptors (Lipinski definition) is 9. The van der Waals surface area contributed by atoms with E-state index in [1.807, 2.05) is 0 Å². The SMILES string of the molecule is CSCCC(NC(=O)C(CCC(N)=O)NC(=O)C(CS)NC(=O)C(N)C(C)O)C(=O)O. The zero-order valence-electron chi connectivity index (χ0n) is 17.4. The van der Waals surface area contributed by atoms with Gasteiger partial charge in [0.05, 0.1) is 6.10 Å². The summed E-state index contributed by atoms with van der Waals surface area (Å²) in [5, 5.41) is 25.7. The van der Waals surface area contributed by atoms with Crippen LogP contribution in [0.2, 0.25) is 0 Å². The first-order valence-electron chi connectivity index (χ1n) is 9.40. The molecule has 0 aromatic carbocycles. The van der Waals surface area contributed by atoms with Crippen molar-refractivity contribution in [1.29, 1.82) is 0 Å². The lowest BCUT2D eigenvalue weighted by Gasteiger charge is -2.24. The van der Waals surface area contributed by atoms with Gasteiger partial charge in [-0.2, -0.15) is 24.4 Å². The Labute approximate surface area is 190 Å². The van der Waals surface area contributed by atoms with Crippen LogP contribution in [0.3, 0.4) is 0 Å². The van der Waals surface area contributed by atoms with Crippen LogP contribution in [0.1, 0.15) is 26.2 Å². The van der Waals surface area contributed by atoms with E-state index in [0.29, 0.717) is 5.75 Å². The first-order valence-corrected chi connectivity index (χ1v) is 11.4. The smallest absolute Gasteiger partial charge is 0.326 e. The largest absolute Gasteiger partial charge is 0.480 e. The van der Waals surface area contributed by atoms with Crippen LogP contribution in [0.25, 0.3) is 0 Å². The molecule has 0 aliphatic rings. The van der Waals surface area contributed by atoms with E-state index in [2.05, 4.69) is 28.6 Å². The Hall–Kier alpha value is -2.03. The molecule has 5 unspecified atom stereocenters. The van der Waals surface area contributed by atoms with E-state index in [4.69, 9.17) is 11.5 Å². The average molecular weight is 482 g/mol. The first-order chi connectivity index (χ1) is 14.4. The van der Waals surface area contributed by atoms with Crippen molar-refractivity contribution in [2.75, 3.05) is 17.8 Å². The van der Waals surface area contributed by atoms with Crippen LogP contribution in [0.15, 0.2) is 0 Å². The number of aliphatic carboxylic acids is 1. The van der Waals surface area contributed by atoms with Gasteiger partial charge in [-0.15, -0.1) is 0 Å². The Morgan fingerprint density at radius 1 is 0.968 bits per heavy atom. The summed E-state index contributed by atoms with van der Waals surface area (Å²) in [6.45, 7) is 1.31. The number of primary amides is 1. The van der Waals surface area contributed by atoms with Crippen LogP contribution >= 0.6 is 24.4 Å². The number of carboxylic acids is 1. The lowest BCUT2D eigenvalue weighted by atomic mass is 10.1. The number of thiol groups is 1. The molecule has 12 nitrogen and oxygen atoms in total. The van der Waals surface area contributed by atoms with E-state index in [-0.39, 0.29) is 25.0 Å². The minimum atomic E-state index is -1.28. The van der Waals surface area contributed by atoms with Crippen LogP contribution < -0.4 is 27.4 Å². The van der Waals surface area contributed by atoms with E-state index < -0.39 is 59.9 Å². The number of aliphatic hydroxyl groups is 1. The van der Waals surface area contributed by atoms with Crippen LogP contribution in [-0.2, 0) is 24.0 Å². The maximum absolute atomic E-state index is 12.6. The van der Waals surface area contributed by atoms with E-state index in [9.17, 15) is 34.2 Å². The molecule has 5 atom stereocenters. The highest BCUT2D eigenvalue weighted by Gasteiger charge is 2.30. The molecule has 4 amide bonds. The molecule has 0 aromatic heterocycles. The molecular weight excluding hydrogens is 450 g/mol. The molecule has 0 spiro atoms. The highest BCUT2D eigenvalue weighted by Crippen LogP contribution is 2.05. The van der Waals surface area contributed by atoms with Gasteiger partial charge in [-0.1, -0.05) is 0 Å². The third kappa shape index (κ3) is 11.2. The number of nitrogens with one attached hydrogen (secondary N) is 3. The van der Waals surface area contributed by atoms with E-state index >= 15 is 0 Å². The normalized spacial score (nSPS) is 15.6. The molecule has 0 radical (unpaired) electrons. The number of carboxylic acid groups (broad SMARTS) is 1. The standard InChI is InChI=1S/C17H31N5O7S2/c1-8(23)13(19)16(27)22-11(7-30)15(26)20-9(3-4-12(18)24)14(25)21-10(17(28)29)5-6-31-2/h8-11,13,23,30H,3-7,19H2,1-2H3,(H2,18,24)(H,20,26)(H,21,25)(H,22,27)(H,28,29). The number of amides is 4. The second kappa shape index (κ2) is 14.9. The summed E-state index contributed by atoms with van der Waals surface area (Å²) >= 11 is 5.40. The monoisotopic (exact) mass is 481 g/mol. The molecule has 9 N–H and O–H groups in total. The van der Waals surface area contributed by atoms with Gasteiger partial charge in [-0.3, -0.25) is 19.2 Å². The zero-order chi connectivity index (χ0) is 24.1. The highest BCUT2D eigenvalue weighted by atomic mass is 32.2. The van der Waals surface area contributed by atoms with Gasteiger partial charge < -0.3 is 37.6 Å². The number of carbonyl (C=O) groups excluding carboxylic acids is 4. The fourth-order valence-electron chi connectivity index (χ4n) is 2.27. The van der Waals surface area contributed by atoms with E-state index in [0.717, 1.165) is 0 Å². The van der Waals surface area contributed by atoms with Gasteiger partial charge in [0.1, 0.15) is 24.2 Å². The molecule has 0 aliphatic carbocycles. The third-order valence-corrected chi connectivity index (χ3v) is 5.18. The molecule has 178 valence electrons. The van der Waals surface area contributed by atoms with Crippen LogP contribution in [-0.4, -0.2) is 87.8 Å². The van der Waals surface area contributed by atoms with Crippen molar-refractivity contribution in [1.82, 2.24) is 16.0 Å². The summed E-state index contributed by atoms with van der Waals surface area (Å²) in [5.41, 5.74) is 10.6. The molecule has 0 saturated heterocycles. The topological polar surface area (TPSA) is 214 Å². The number of rotatable bonds is 15. The molecule has 31 heavy (non-hydrogen) atoms. The van der Waals surface area contributed by atoms with Crippen LogP contribution in [0, 0.1) is 0 Å². The Morgan fingerprint density at radius 2 is 1.48 bits per heavy atom. The van der Waals surface area contributed by atoms with E-state index in [1.54, 1.807) is 6.26 Å². The third-order valence-electron chi connectivity index (χ3n) is 4.18. The Morgan fingerprint density at radius 3 is 1.94 bits per heavy atom. The maximum Gasteiger partial charge on any atom is 0.326 e. The van der Waals surface area contributed by atoms with Crippen molar-refractivity contribution in [3.05, 3.63) is 0 Å². The van der Waals surface area contributed by atoms with Crippen molar-refractivity contribution in [3.8, 4) is 0 Å². The van der Waals surface area contributed by atoms with Gasteiger partial charge in [0, 0.05) is 12.2 Å². The highest BCUT2D eigenvalue weighted by molar-refractivity contribution is 7.98. The molecule has 0 aromatic rings. The summed E-state index contributed by atoms with van der Waals surface area (Å²) in [7, 11) is 0. The van der Waals surface area contributed by atoms with Crippen molar-refractivity contribution >= 4 is 54.0 Å². The second-order valence-corrected chi connectivity index (χ2v) is 8.11. The van der Waals surface area contributed by atoms with Gasteiger partial charge in [-0.25, -0.2) is 4.79 Å². The number of hydrogen-bond donors (Lipinski definition) is 8. The Bertz CT molecular complexity index is 650. The van der Waals surface area contributed by atoms with Gasteiger partial charge in [0.25, 0.3) is 0 Å². The molecule has 0 saturated carbocycles. The van der Waals surface area contributed by atoms with Crippen LogP contribution in [0.5, 0.6) is 0 Å². The van der Waals surface area contributed by atoms with Crippen molar-refractivity contribution < 1.29 is 34.2 Å². The molecule has 14 heteroatoms. The van der Waals surface area contributed by atoms with Crippen molar-refractivity contribution in [2.45, 2.75) is 56.5 Å². The molecular formula is C17H31N5O7S2. The van der Waals surface area contributed by atoms with Gasteiger partial charge in [0.15, 0.2) is 0 Å². The zero-order valence-corrected chi connectivity index (χ0v) is 19.1. The molecule has 0 bridgehead atoms. The van der Waals surface area contributed by atoms with Gasteiger partial charge >= 0.3 is 5.97 Å². The summed E-state index contributed by atoms with van der Waals surface area (Å²) in [6, 6.07) is -4.94. The number of carbonyl (C=O) groups is 5. The minimum absolute atomic E-state index is 0.153. The van der Waals surface area contributed by atoms with E-state index in [1.165, 1.54) is 18.7 Å². The summed E-state index contributed by atoms with van der Waals surface area (Å²) in [6.07, 6.45) is 0.359. The molecule has 0 rings (SSSR count). The fraction of sp³-hybridized carbons (Fsp3) is 0.706. The quantitative estimate of drug-likeness (QED) is 0.113. The first kappa shape index (κ1) is 29.0. The lowest BCUT2D eigenvalue weighted by Crippen LogP contribution is -2.58. The minimum Gasteiger partial charge on any atom is -0.480 e. The Kier molecular flexibility index (Phi) is 13.9. The van der Waals surface area contributed by atoms with Crippen LogP contribution in [0.4, 0.5) is 0 Å². The molecule has 0 heterocycles. The fourth-order valence-corrected chi connectivity index (χ4v) is 3.00. The Balaban J connectivity index is 5.31. The summed E-state index contributed by atoms with van der Waals surface area (Å²) < 4.78 is 0. The molecule has 0 aliphatic heterocycles. The van der Waals surface area contributed by atoms with Gasteiger partial charge in [0.2, 0.25) is 23.6 Å². The number of thioether (sulfide) groups is 1. The molecule has 0 fully saturated rings. The second-order valence-electron chi connectivity index (χ2n) is 6.76. The number of nitrogens with two attached hydrogens (primary N) is 2. The average Bonchev–Trinajstić information content (AvgIpc) is 2.70.